The number of carbonyl (C=O) groups excluding carboxylic acids is 1. The summed E-state index contributed by atoms with van der Waals surface area (Å²) in [6, 6.07) is 5.32. The van der Waals surface area contributed by atoms with E-state index in [2.05, 4.69) is 6.92 Å². The molecule has 104 valence electrons. The summed E-state index contributed by atoms with van der Waals surface area (Å²) < 4.78 is 10.9. The SMILES string of the molecule is CCCCOCCN1C(=O)COc2ccc(N)cc21. The molecule has 1 aromatic rings. The Morgan fingerprint density at radius 2 is 2.26 bits per heavy atom. The number of rotatable bonds is 6. The van der Waals surface area contributed by atoms with E-state index in [4.69, 9.17) is 15.2 Å². The van der Waals surface area contributed by atoms with Crippen LogP contribution in [0.25, 0.3) is 0 Å². The summed E-state index contributed by atoms with van der Waals surface area (Å²) in [5.41, 5.74) is 7.11. The van der Waals surface area contributed by atoms with E-state index in [9.17, 15) is 4.79 Å². The maximum atomic E-state index is 11.9. The number of carbonyl (C=O) groups is 1. The van der Waals surface area contributed by atoms with Gasteiger partial charge in [0.15, 0.2) is 6.61 Å². The predicted molar refractivity (Wildman–Crippen MR) is 74.4 cm³/mol. The van der Waals surface area contributed by atoms with E-state index in [1.807, 2.05) is 0 Å². The Balaban J connectivity index is 1.99. The van der Waals surface area contributed by atoms with Crippen molar-refractivity contribution in [1.29, 1.82) is 0 Å². The fourth-order valence-electron chi connectivity index (χ4n) is 1.97. The highest BCUT2D eigenvalue weighted by Crippen LogP contribution is 2.33. The van der Waals surface area contributed by atoms with Crippen molar-refractivity contribution < 1.29 is 14.3 Å². The molecule has 0 radical (unpaired) electrons. The third-order valence-electron chi connectivity index (χ3n) is 3.03. The molecule has 0 aromatic heterocycles. The van der Waals surface area contributed by atoms with Gasteiger partial charge in [0.1, 0.15) is 5.75 Å². The number of ether oxygens (including phenoxy) is 2. The molecule has 0 saturated heterocycles. The molecule has 1 aliphatic heterocycles. The monoisotopic (exact) mass is 264 g/mol. The van der Waals surface area contributed by atoms with Crippen LogP contribution in [0.5, 0.6) is 5.75 Å². The topological polar surface area (TPSA) is 64.8 Å². The van der Waals surface area contributed by atoms with Crippen molar-refractivity contribution in [1.82, 2.24) is 0 Å². The highest BCUT2D eigenvalue weighted by molar-refractivity contribution is 5.98. The van der Waals surface area contributed by atoms with E-state index in [0.717, 1.165) is 25.1 Å². The van der Waals surface area contributed by atoms with Crippen LogP contribution in [0.15, 0.2) is 18.2 Å². The molecule has 0 aliphatic carbocycles. The van der Waals surface area contributed by atoms with Crippen LogP contribution >= 0.6 is 0 Å². The number of amides is 1. The molecule has 0 atom stereocenters. The standard InChI is InChI=1S/C14H20N2O3/c1-2-3-7-18-8-6-16-12-9-11(15)4-5-13(12)19-10-14(16)17/h4-5,9H,2-3,6-8,10,15H2,1H3. The lowest BCUT2D eigenvalue weighted by Gasteiger charge is -2.29. The molecule has 0 unspecified atom stereocenters. The molecule has 0 saturated carbocycles. The van der Waals surface area contributed by atoms with E-state index in [1.165, 1.54) is 0 Å². The average molecular weight is 264 g/mol. The lowest BCUT2D eigenvalue weighted by Crippen LogP contribution is -2.40. The quantitative estimate of drug-likeness (QED) is 0.628. The Morgan fingerprint density at radius 3 is 3.05 bits per heavy atom. The van der Waals surface area contributed by atoms with E-state index >= 15 is 0 Å². The van der Waals surface area contributed by atoms with Gasteiger partial charge < -0.3 is 20.1 Å². The van der Waals surface area contributed by atoms with Crippen LogP contribution in [-0.4, -0.2) is 32.3 Å². The molecule has 2 N–H and O–H groups in total. The number of benzene rings is 1. The summed E-state index contributed by atoms with van der Waals surface area (Å²) in [5.74, 6) is 0.638. The van der Waals surface area contributed by atoms with Crippen molar-refractivity contribution in [2.24, 2.45) is 0 Å². The molecule has 19 heavy (non-hydrogen) atoms. The van der Waals surface area contributed by atoms with Gasteiger partial charge in [0.2, 0.25) is 0 Å². The first-order valence-electron chi connectivity index (χ1n) is 6.63. The van der Waals surface area contributed by atoms with Gasteiger partial charge in [-0.2, -0.15) is 0 Å². The summed E-state index contributed by atoms with van der Waals surface area (Å²) in [7, 11) is 0. The van der Waals surface area contributed by atoms with E-state index in [0.29, 0.717) is 24.6 Å². The first kappa shape index (κ1) is 13.7. The minimum Gasteiger partial charge on any atom is -0.482 e. The second-order valence-electron chi connectivity index (χ2n) is 4.53. The average Bonchev–Trinajstić information content (AvgIpc) is 2.40. The Labute approximate surface area is 113 Å². The number of anilines is 2. The van der Waals surface area contributed by atoms with Crippen molar-refractivity contribution >= 4 is 17.3 Å². The van der Waals surface area contributed by atoms with Crippen LogP contribution in [0.3, 0.4) is 0 Å². The second-order valence-corrected chi connectivity index (χ2v) is 4.53. The summed E-state index contributed by atoms with van der Waals surface area (Å²) in [6.07, 6.45) is 2.15. The molecule has 1 amide bonds. The highest BCUT2D eigenvalue weighted by Gasteiger charge is 2.25. The summed E-state index contributed by atoms with van der Waals surface area (Å²) >= 11 is 0. The molecule has 0 bridgehead atoms. The molecule has 5 nitrogen and oxygen atoms in total. The number of fused-ring (bicyclic) bond motifs is 1. The van der Waals surface area contributed by atoms with Gasteiger partial charge >= 0.3 is 0 Å². The smallest absolute Gasteiger partial charge is 0.265 e. The zero-order valence-corrected chi connectivity index (χ0v) is 11.2. The molecule has 0 spiro atoms. The number of nitrogen functional groups attached to an aromatic ring is 1. The van der Waals surface area contributed by atoms with Crippen molar-refractivity contribution in [3.63, 3.8) is 0 Å². The number of nitrogens with zero attached hydrogens (tertiary/aromatic N) is 1. The van der Waals surface area contributed by atoms with Crippen LogP contribution in [-0.2, 0) is 9.53 Å². The van der Waals surface area contributed by atoms with Crippen LogP contribution in [0.1, 0.15) is 19.8 Å². The van der Waals surface area contributed by atoms with Gasteiger partial charge in [-0.15, -0.1) is 0 Å². The fourth-order valence-corrected chi connectivity index (χ4v) is 1.97. The van der Waals surface area contributed by atoms with Crippen molar-refractivity contribution in [2.45, 2.75) is 19.8 Å². The minimum absolute atomic E-state index is 0.0582. The molecule has 1 heterocycles. The van der Waals surface area contributed by atoms with Gasteiger partial charge in [-0.25, -0.2) is 0 Å². The zero-order chi connectivity index (χ0) is 13.7. The number of unbranched alkanes of at least 4 members (excludes halogenated alkanes) is 1. The Kier molecular flexibility index (Phi) is 4.63. The Bertz CT molecular complexity index is 448. The van der Waals surface area contributed by atoms with Crippen molar-refractivity contribution in [2.75, 3.05) is 37.0 Å². The largest absolute Gasteiger partial charge is 0.482 e. The Hall–Kier alpha value is -1.75. The molecule has 5 heteroatoms. The molecule has 0 fully saturated rings. The maximum absolute atomic E-state index is 11.9. The van der Waals surface area contributed by atoms with Crippen molar-refractivity contribution in [3.8, 4) is 5.75 Å². The van der Waals surface area contributed by atoms with E-state index in [1.54, 1.807) is 23.1 Å². The van der Waals surface area contributed by atoms with E-state index in [-0.39, 0.29) is 12.5 Å². The summed E-state index contributed by atoms with van der Waals surface area (Å²) in [6.45, 7) is 3.99. The first-order chi connectivity index (χ1) is 9.22. The van der Waals surface area contributed by atoms with Crippen LogP contribution < -0.4 is 15.4 Å². The highest BCUT2D eigenvalue weighted by atomic mass is 16.5. The van der Waals surface area contributed by atoms with Gasteiger partial charge in [-0.3, -0.25) is 4.79 Å². The second kappa shape index (κ2) is 6.43. The summed E-state index contributed by atoms with van der Waals surface area (Å²) in [5, 5.41) is 0. The van der Waals surface area contributed by atoms with Crippen LogP contribution in [0.2, 0.25) is 0 Å². The lowest BCUT2D eigenvalue weighted by atomic mass is 10.2. The fraction of sp³-hybridized carbons (Fsp3) is 0.500. The van der Waals surface area contributed by atoms with Crippen molar-refractivity contribution in [3.05, 3.63) is 18.2 Å². The van der Waals surface area contributed by atoms with E-state index < -0.39 is 0 Å². The normalized spacial score (nSPS) is 14.2. The number of hydrogen-bond acceptors (Lipinski definition) is 4. The zero-order valence-electron chi connectivity index (χ0n) is 11.2. The molecule has 1 aromatic carbocycles. The van der Waals surface area contributed by atoms with Crippen LogP contribution in [0.4, 0.5) is 11.4 Å². The number of nitrogens with two attached hydrogens (primary N) is 1. The minimum atomic E-state index is -0.0582. The van der Waals surface area contributed by atoms with Crippen LogP contribution in [0, 0.1) is 0 Å². The molecular formula is C14H20N2O3. The van der Waals surface area contributed by atoms with Gasteiger partial charge in [0.05, 0.1) is 12.3 Å². The lowest BCUT2D eigenvalue weighted by molar-refractivity contribution is -0.121. The number of hydrogen-bond donors (Lipinski definition) is 1. The predicted octanol–water partition coefficient (Wildman–Crippen LogP) is 1.81. The third-order valence-corrected chi connectivity index (χ3v) is 3.03. The van der Waals surface area contributed by atoms with Gasteiger partial charge in [0.25, 0.3) is 5.91 Å². The van der Waals surface area contributed by atoms with Gasteiger partial charge in [0, 0.05) is 18.8 Å². The molecule has 1 aliphatic rings. The molecular weight excluding hydrogens is 244 g/mol. The summed E-state index contributed by atoms with van der Waals surface area (Å²) in [4.78, 5) is 13.6. The molecule has 2 rings (SSSR count). The van der Waals surface area contributed by atoms with Gasteiger partial charge in [-0.05, 0) is 24.6 Å². The maximum Gasteiger partial charge on any atom is 0.265 e. The Morgan fingerprint density at radius 1 is 1.42 bits per heavy atom. The van der Waals surface area contributed by atoms with Gasteiger partial charge in [-0.1, -0.05) is 13.3 Å². The first-order valence-corrected chi connectivity index (χ1v) is 6.63. The third kappa shape index (κ3) is 3.38.